The molecule has 1 heterocycles. The number of aromatic nitrogens is 2. The van der Waals surface area contributed by atoms with Crippen molar-refractivity contribution in [1.29, 1.82) is 0 Å². The highest BCUT2D eigenvalue weighted by Gasteiger charge is 2.15. The van der Waals surface area contributed by atoms with Crippen LogP contribution in [0.4, 0.5) is 4.39 Å². The van der Waals surface area contributed by atoms with Gasteiger partial charge in [-0.15, -0.1) is 0 Å². The van der Waals surface area contributed by atoms with Crippen molar-refractivity contribution in [1.82, 2.24) is 9.55 Å². The monoisotopic (exact) mass is 442 g/mol. The lowest BCUT2D eigenvalue weighted by molar-refractivity contribution is -0.133. The van der Waals surface area contributed by atoms with Gasteiger partial charge in [0.25, 0.3) is 0 Å². The molecule has 1 unspecified atom stereocenters. The molecule has 0 spiro atoms. The van der Waals surface area contributed by atoms with Gasteiger partial charge in [0.2, 0.25) is 0 Å². The molecule has 9 heteroatoms. The topological polar surface area (TPSA) is 72.2 Å². The zero-order valence-corrected chi connectivity index (χ0v) is 14.8. The van der Waals surface area contributed by atoms with Gasteiger partial charge in [0.15, 0.2) is 5.16 Å². The number of fused-ring (bicyclic) bond motifs is 1. The lowest BCUT2D eigenvalue weighted by Gasteiger charge is -2.07. The molecule has 1 atom stereocenters. The molecule has 2 rings (SSSR count). The van der Waals surface area contributed by atoms with E-state index in [2.05, 4.69) is 4.98 Å². The SMILES string of the molecule is CS(=O)CCn1c(SCC(=O)O)nc2cc(I)c(F)cc21. The van der Waals surface area contributed by atoms with Crippen LogP contribution in [-0.2, 0) is 22.1 Å². The fraction of sp³-hybridized carbons (Fsp3) is 0.333. The van der Waals surface area contributed by atoms with Crippen LogP contribution in [0, 0.1) is 9.39 Å². The number of aryl methyl sites for hydroxylation is 1. The first-order chi connectivity index (χ1) is 9.88. The highest BCUT2D eigenvalue weighted by molar-refractivity contribution is 14.1. The summed E-state index contributed by atoms with van der Waals surface area (Å²) < 4.78 is 27.2. The standard InChI is InChI=1S/C12H12FIN2O3S2/c1-21(19)3-2-16-10-4-7(13)8(14)5-9(10)15-12(16)20-6-11(17)18/h4-5H,2-3,6H2,1H3,(H,17,18). The molecule has 0 aliphatic heterocycles. The Morgan fingerprint density at radius 2 is 2.29 bits per heavy atom. The molecule has 0 fully saturated rings. The summed E-state index contributed by atoms with van der Waals surface area (Å²) in [7, 11) is -0.993. The zero-order chi connectivity index (χ0) is 15.6. The van der Waals surface area contributed by atoms with E-state index in [1.54, 1.807) is 16.9 Å². The van der Waals surface area contributed by atoms with E-state index in [9.17, 15) is 13.4 Å². The van der Waals surface area contributed by atoms with Gasteiger partial charge < -0.3 is 9.67 Å². The van der Waals surface area contributed by atoms with Gasteiger partial charge in [-0.05, 0) is 28.7 Å². The average molecular weight is 442 g/mol. The Kier molecular flexibility index (Phi) is 5.60. The summed E-state index contributed by atoms with van der Waals surface area (Å²) in [6.07, 6.45) is 1.59. The third kappa shape index (κ3) is 4.16. The minimum absolute atomic E-state index is 0.127. The second-order valence-electron chi connectivity index (χ2n) is 4.26. The summed E-state index contributed by atoms with van der Waals surface area (Å²) in [6, 6.07) is 3.00. The minimum atomic E-state index is -0.993. The van der Waals surface area contributed by atoms with Gasteiger partial charge in [-0.25, -0.2) is 9.37 Å². The smallest absolute Gasteiger partial charge is 0.313 e. The van der Waals surface area contributed by atoms with Crippen LogP contribution in [0.1, 0.15) is 0 Å². The molecule has 1 aromatic carbocycles. The van der Waals surface area contributed by atoms with E-state index in [1.807, 2.05) is 22.6 Å². The predicted molar refractivity (Wildman–Crippen MR) is 89.7 cm³/mol. The molecule has 1 N–H and O–H groups in total. The van der Waals surface area contributed by atoms with Crippen molar-refractivity contribution in [3.05, 3.63) is 21.5 Å². The van der Waals surface area contributed by atoms with Crippen LogP contribution in [0.15, 0.2) is 17.3 Å². The second-order valence-corrected chi connectivity index (χ2v) is 7.92. The first-order valence-corrected chi connectivity index (χ1v) is 9.67. The van der Waals surface area contributed by atoms with Crippen molar-refractivity contribution in [2.75, 3.05) is 17.8 Å². The molecule has 5 nitrogen and oxygen atoms in total. The third-order valence-corrected chi connectivity index (χ3v) is 5.23. The van der Waals surface area contributed by atoms with E-state index in [0.717, 1.165) is 11.8 Å². The Balaban J connectivity index is 2.46. The zero-order valence-electron chi connectivity index (χ0n) is 11.0. The van der Waals surface area contributed by atoms with Gasteiger partial charge in [0.05, 0.1) is 20.4 Å². The number of imidazole rings is 1. The van der Waals surface area contributed by atoms with Gasteiger partial charge in [0.1, 0.15) is 5.82 Å². The highest BCUT2D eigenvalue weighted by atomic mass is 127. The van der Waals surface area contributed by atoms with Gasteiger partial charge in [-0.2, -0.15) is 0 Å². The molecule has 0 saturated carbocycles. The number of carboxylic acid groups (broad SMARTS) is 1. The number of thioether (sulfide) groups is 1. The minimum Gasteiger partial charge on any atom is -0.481 e. The van der Waals surface area contributed by atoms with E-state index in [-0.39, 0.29) is 11.6 Å². The maximum Gasteiger partial charge on any atom is 0.313 e. The first kappa shape index (κ1) is 16.7. The Morgan fingerprint density at radius 3 is 2.90 bits per heavy atom. The predicted octanol–water partition coefficient (Wildman–Crippen LogP) is 2.34. The molecule has 0 bridgehead atoms. The third-order valence-electron chi connectivity index (χ3n) is 2.68. The molecule has 0 saturated heterocycles. The number of rotatable bonds is 6. The van der Waals surface area contributed by atoms with Gasteiger partial charge in [-0.1, -0.05) is 11.8 Å². The lowest BCUT2D eigenvalue weighted by atomic mass is 10.3. The Morgan fingerprint density at radius 1 is 1.57 bits per heavy atom. The molecule has 0 radical (unpaired) electrons. The molecule has 114 valence electrons. The van der Waals surface area contributed by atoms with Crippen molar-refractivity contribution in [2.24, 2.45) is 0 Å². The number of benzene rings is 1. The maximum atomic E-state index is 13.7. The Bertz CT molecular complexity index is 720. The van der Waals surface area contributed by atoms with Crippen molar-refractivity contribution >= 4 is 62.2 Å². The summed E-state index contributed by atoms with van der Waals surface area (Å²) in [5, 5.41) is 9.28. The van der Waals surface area contributed by atoms with Crippen LogP contribution in [-0.4, -0.2) is 42.6 Å². The normalized spacial score (nSPS) is 12.7. The number of halogens is 2. The summed E-state index contributed by atoms with van der Waals surface area (Å²) in [6.45, 7) is 0.404. The molecule has 21 heavy (non-hydrogen) atoms. The molecule has 0 aliphatic carbocycles. The van der Waals surface area contributed by atoms with Crippen LogP contribution >= 0.6 is 34.4 Å². The molecule has 2 aromatic rings. The average Bonchev–Trinajstić information content (AvgIpc) is 2.71. The Labute approximate surface area is 140 Å². The van der Waals surface area contributed by atoms with Crippen LogP contribution in [0.25, 0.3) is 11.0 Å². The maximum absolute atomic E-state index is 13.7. The van der Waals surface area contributed by atoms with E-state index in [4.69, 9.17) is 5.11 Å². The van der Waals surface area contributed by atoms with Gasteiger partial charge in [0, 0.05) is 35.4 Å². The first-order valence-electron chi connectivity index (χ1n) is 5.88. The lowest BCUT2D eigenvalue weighted by Crippen LogP contribution is -2.09. The number of hydrogen-bond acceptors (Lipinski definition) is 4. The van der Waals surface area contributed by atoms with Crippen LogP contribution in [0.2, 0.25) is 0 Å². The van der Waals surface area contributed by atoms with Crippen molar-refractivity contribution in [3.8, 4) is 0 Å². The molecule has 0 aliphatic rings. The van der Waals surface area contributed by atoms with Crippen molar-refractivity contribution < 1.29 is 18.5 Å². The molecule has 1 aromatic heterocycles. The molecular formula is C12H12FIN2O3S2. The summed E-state index contributed by atoms with van der Waals surface area (Å²) in [5.74, 6) is -1.02. The summed E-state index contributed by atoms with van der Waals surface area (Å²) >= 11 is 2.96. The fourth-order valence-corrected chi connectivity index (χ4v) is 3.42. The quantitative estimate of drug-likeness (QED) is 0.550. The van der Waals surface area contributed by atoms with E-state index in [1.165, 1.54) is 6.07 Å². The molecular weight excluding hydrogens is 430 g/mol. The highest BCUT2D eigenvalue weighted by Crippen LogP contribution is 2.27. The van der Waals surface area contributed by atoms with Crippen molar-refractivity contribution in [3.63, 3.8) is 0 Å². The summed E-state index contributed by atoms with van der Waals surface area (Å²) in [5.41, 5.74) is 1.20. The number of nitrogens with zero attached hydrogens (tertiary/aromatic N) is 2. The Hall–Kier alpha value is -0.680. The van der Waals surface area contributed by atoms with E-state index < -0.39 is 16.8 Å². The van der Waals surface area contributed by atoms with E-state index >= 15 is 0 Å². The van der Waals surface area contributed by atoms with Crippen LogP contribution in [0.5, 0.6) is 0 Å². The number of aliphatic carboxylic acids is 1. The largest absolute Gasteiger partial charge is 0.481 e. The number of carbonyl (C=O) groups is 1. The summed E-state index contributed by atoms with van der Waals surface area (Å²) in [4.78, 5) is 15.1. The fourth-order valence-electron chi connectivity index (χ4n) is 1.77. The number of carboxylic acids is 1. The van der Waals surface area contributed by atoms with Crippen LogP contribution < -0.4 is 0 Å². The molecule has 0 amide bonds. The van der Waals surface area contributed by atoms with Crippen molar-refractivity contribution in [2.45, 2.75) is 11.7 Å². The van der Waals surface area contributed by atoms with Gasteiger partial charge in [-0.3, -0.25) is 9.00 Å². The second kappa shape index (κ2) is 7.05. The van der Waals surface area contributed by atoms with E-state index in [0.29, 0.717) is 32.1 Å². The number of hydrogen-bond donors (Lipinski definition) is 1. The van der Waals surface area contributed by atoms with Gasteiger partial charge >= 0.3 is 5.97 Å². The van der Waals surface area contributed by atoms with Crippen LogP contribution in [0.3, 0.4) is 0 Å².